The van der Waals surface area contributed by atoms with Crippen molar-refractivity contribution < 1.29 is 14.6 Å². The Bertz CT molecular complexity index is 799. The fourth-order valence-electron chi connectivity index (χ4n) is 3.50. The van der Waals surface area contributed by atoms with Gasteiger partial charge in [0.2, 0.25) is 0 Å². The molecule has 3 rings (SSSR count). The average Bonchev–Trinajstić information content (AvgIpc) is 2.76. The zero-order valence-corrected chi connectivity index (χ0v) is 17.0. The highest BCUT2D eigenvalue weighted by molar-refractivity contribution is 5.88. The molecule has 1 aliphatic heterocycles. The minimum absolute atomic E-state index is 0.319. The SMILES string of the molecule is CC(C=Cc1cccc(C(=O)O)c1)N1CCN(CCOCc2ccccc2)CC1. The van der Waals surface area contributed by atoms with Gasteiger partial charge in [-0.15, -0.1) is 0 Å². The van der Waals surface area contributed by atoms with Gasteiger partial charge in [0.15, 0.2) is 0 Å². The molecular formula is C24H30N2O3. The summed E-state index contributed by atoms with van der Waals surface area (Å²) in [6, 6.07) is 17.6. The van der Waals surface area contributed by atoms with Gasteiger partial charge in [-0.1, -0.05) is 54.6 Å². The molecule has 2 aromatic carbocycles. The summed E-state index contributed by atoms with van der Waals surface area (Å²) < 4.78 is 5.80. The van der Waals surface area contributed by atoms with Crippen LogP contribution in [0.1, 0.15) is 28.4 Å². The van der Waals surface area contributed by atoms with Crippen molar-refractivity contribution in [2.24, 2.45) is 0 Å². The number of nitrogens with zero attached hydrogens (tertiary/aromatic N) is 2. The van der Waals surface area contributed by atoms with Crippen LogP contribution in [0.15, 0.2) is 60.7 Å². The van der Waals surface area contributed by atoms with E-state index in [0.717, 1.165) is 44.9 Å². The van der Waals surface area contributed by atoms with Crippen molar-refractivity contribution in [3.63, 3.8) is 0 Å². The maximum Gasteiger partial charge on any atom is 0.335 e. The molecule has 0 radical (unpaired) electrons. The molecular weight excluding hydrogens is 364 g/mol. The number of rotatable bonds is 9. The van der Waals surface area contributed by atoms with Gasteiger partial charge in [-0.3, -0.25) is 9.80 Å². The molecule has 5 heteroatoms. The number of carboxylic acids is 1. The quantitative estimate of drug-likeness (QED) is 0.659. The number of aromatic carboxylic acids is 1. The van der Waals surface area contributed by atoms with Crippen molar-refractivity contribution >= 4 is 12.0 Å². The Morgan fingerprint density at radius 2 is 1.86 bits per heavy atom. The molecule has 2 aromatic rings. The summed E-state index contributed by atoms with van der Waals surface area (Å²) in [5.41, 5.74) is 2.46. The molecule has 0 saturated carbocycles. The zero-order chi connectivity index (χ0) is 20.5. The van der Waals surface area contributed by atoms with Crippen molar-refractivity contribution in [3.8, 4) is 0 Å². The molecule has 5 nitrogen and oxygen atoms in total. The topological polar surface area (TPSA) is 53.0 Å². The van der Waals surface area contributed by atoms with E-state index < -0.39 is 5.97 Å². The summed E-state index contributed by atoms with van der Waals surface area (Å²) in [5.74, 6) is -0.892. The molecule has 1 heterocycles. The zero-order valence-electron chi connectivity index (χ0n) is 17.0. The third-order valence-electron chi connectivity index (χ3n) is 5.35. The molecule has 154 valence electrons. The predicted octanol–water partition coefficient (Wildman–Crippen LogP) is 3.62. The lowest BCUT2D eigenvalue weighted by molar-refractivity contribution is 0.0637. The second-order valence-corrected chi connectivity index (χ2v) is 7.45. The summed E-state index contributed by atoms with van der Waals surface area (Å²) >= 11 is 0. The first-order valence-corrected chi connectivity index (χ1v) is 10.2. The van der Waals surface area contributed by atoms with Crippen molar-refractivity contribution in [1.82, 2.24) is 9.80 Å². The maximum atomic E-state index is 11.1. The standard InChI is InChI=1S/C24H30N2O3/c1-20(10-11-21-8-5-9-23(18-21)24(27)28)26-14-12-25(13-15-26)16-17-29-19-22-6-3-2-4-7-22/h2-11,18,20H,12-17,19H2,1H3,(H,27,28). The molecule has 1 atom stereocenters. The van der Waals surface area contributed by atoms with E-state index in [1.807, 2.05) is 30.3 Å². The van der Waals surface area contributed by atoms with E-state index in [1.54, 1.807) is 18.2 Å². The molecule has 0 bridgehead atoms. The van der Waals surface area contributed by atoms with Gasteiger partial charge in [0.05, 0.1) is 18.8 Å². The second kappa shape index (κ2) is 10.9. The Morgan fingerprint density at radius 1 is 1.10 bits per heavy atom. The summed E-state index contributed by atoms with van der Waals surface area (Å²) in [6.45, 7) is 8.72. The molecule has 0 aromatic heterocycles. The van der Waals surface area contributed by atoms with E-state index in [4.69, 9.17) is 9.84 Å². The second-order valence-electron chi connectivity index (χ2n) is 7.45. The van der Waals surface area contributed by atoms with E-state index in [2.05, 4.69) is 34.9 Å². The van der Waals surface area contributed by atoms with Crippen molar-refractivity contribution in [2.75, 3.05) is 39.3 Å². The number of benzene rings is 2. The van der Waals surface area contributed by atoms with Gasteiger partial charge in [0, 0.05) is 38.8 Å². The molecule has 1 unspecified atom stereocenters. The first-order chi connectivity index (χ1) is 14.1. The van der Waals surface area contributed by atoms with Crippen molar-refractivity contribution in [2.45, 2.75) is 19.6 Å². The number of hydrogen-bond acceptors (Lipinski definition) is 4. The average molecular weight is 395 g/mol. The first-order valence-electron chi connectivity index (χ1n) is 10.2. The number of hydrogen-bond donors (Lipinski definition) is 1. The highest BCUT2D eigenvalue weighted by Crippen LogP contribution is 2.12. The Morgan fingerprint density at radius 3 is 2.59 bits per heavy atom. The molecule has 1 saturated heterocycles. The van der Waals surface area contributed by atoms with E-state index in [9.17, 15) is 4.79 Å². The number of ether oxygens (including phenoxy) is 1. The molecule has 0 spiro atoms. The van der Waals surface area contributed by atoms with E-state index in [1.165, 1.54) is 5.56 Å². The smallest absolute Gasteiger partial charge is 0.335 e. The van der Waals surface area contributed by atoms with E-state index in [0.29, 0.717) is 18.2 Å². The van der Waals surface area contributed by atoms with Gasteiger partial charge in [-0.25, -0.2) is 4.79 Å². The monoisotopic (exact) mass is 394 g/mol. The Kier molecular flexibility index (Phi) is 7.99. The summed E-state index contributed by atoms with van der Waals surface area (Å²) in [5, 5.41) is 9.10. The normalized spacial score (nSPS) is 16.9. The molecule has 1 N–H and O–H groups in total. The van der Waals surface area contributed by atoms with Crippen molar-refractivity contribution in [1.29, 1.82) is 0 Å². The van der Waals surface area contributed by atoms with Gasteiger partial charge >= 0.3 is 5.97 Å². The summed E-state index contributed by atoms with van der Waals surface area (Å²) in [7, 11) is 0. The number of piperazine rings is 1. The van der Waals surface area contributed by atoms with Crippen LogP contribution < -0.4 is 0 Å². The minimum Gasteiger partial charge on any atom is -0.478 e. The largest absolute Gasteiger partial charge is 0.478 e. The number of carbonyl (C=O) groups is 1. The Hall–Kier alpha value is -2.47. The highest BCUT2D eigenvalue weighted by atomic mass is 16.5. The Balaban J connectivity index is 1.37. The summed E-state index contributed by atoms with van der Waals surface area (Å²) in [4.78, 5) is 16.0. The molecule has 1 aliphatic rings. The van der Waals surface area contributed by atoms with E-state index in [-0.39, 0.29) is 0 Å². The predicted molar refractivity (Wildman–Crippen MR) is 116 cm³/mol. The third kappa shape index (κ3) is 6.82. The van der Waals surface area contributed by atoms with Crippen LogP contribution in [0, 0.1) is 0 Å². The highest BCUT2D eigenvalue weighted by Gasteiger charge is 2.19. The lowest BCUT2D eigenvalue weighted by atomic mass is 10.1. The fraction of sp³-hybridized carbons (Fsp3) is 0.375. The third-order valence-corrected chi connectivity index (χ3v) is 5.35. The molecule has 0 aliphatic carbocycles. The van der Waals surface area contributed by atoms with Gasteiger partial charge in [0.1, 0.15) is 0 Å². The van der Waals surface area contributed by atoms with Gasteiger partial charge in [-0.2, -0.15) is 0 Å². The van der Waals surface area contributed by atoms with Crippen LogP contribution in [-0.4, -0.2) is 66.2 Å². The van der Waals surface area contributed by atoms with Gasteiger partial charge in [0.25, 0.3) is 0 Å². The van der Waals surface area contributed by atoms with Gasteiger partial charge in [-0.05, 0) is 30.2 Å². The number of carboxylic acid groups (broad SMARTS) is 1. The minimum atomic E-state index is -0.892. The van der Waals surface area contributed by atoms with Crippen LogP contribution >= 0.6 is 0 Å². The van der Waals surface area contributed by atoms with Crippen LogP contribution in [0.3, 0.4) is 0 Å². The van der Waals surface area contributed by atoms with Crippen LogP contribution in [0.5, 0.6) is 0 Å². The van der Waals surface area contributed by atoms with Crippen LogP contribution in [0.4, 0.5) is 0 Å². The molecule has 29 heavy (non-hydrogen) atoms. The summed E-state index contributed by atoms with van der Waals surface area (Å²) in [6.07, 6.45) is 4.17. The van der Waals surface area contributed by atoms with Crippen LogP contribution in [0.25, 0.3) is 6.08 Å². The molecule has 0 amide bonds. The van der Waals surface area contributed by atoms with Crippen LogP contribution in [-0.2, 0) is 11.3 Å². The fourth-order valence-corrected chi connectivity index (χ4v) is 3.50. The Labute approximate surface area is 173 Å². The lowest BCUT2D eigenvalue weighted by Gasteiger charge is -2.37. The van der Waals surface area contributed by atoms with Crippen LogP contribution in [0.2, 0.25) is 0 Å². The lowest BCUT2D eigenvalue weighted by Crippen LogP contribution is -2.49. The van der Waals surface area contributed by atoms with E-state index >= 15 is 0 Å². The molecule has 1 fully saturated rings. The van der Waals surface area contributed by atoms with Crippen molar-refractivity contribution in [3.05, 3.63) is 77.4 Å². The maximum absolute atomic E-state index is 11.1. The first kappa shape index (κ1) is 21.2. The van der Waals surface area contributed by atoms with Gasteiger partial charge < -0.3 is 9.84 Å².